The Kier molecular flexibility index (Phi) is 11.7. The van der Waals surface area contributed by atoms with Crippen molar-refractivity contribution in [3.63, 3.8) is 0 Å². The van der Waals surface area contributed by atoms with Crippen LogP contribution in [-0.2, 0) is 13.3 Å². The van der Waals surface area contributed by atoms with Gasteiger partial charge in [0.25, 0.3) is 0 Å². The van der Waals surface area contributed by atoms with E-state index in [0.717, 1.165) is 62.6 Å². The van der Waals surface area contributed by atoms with Gasteiger partial charge in [-0.25, -0.2) is 4.31 Å². The Hall–Kier alpha value is 1.22. The summed E-state index contributed by atoms with van der Waals surface area (Å²) in [6.07, 6.45) is 7.53. The van der Waals surface area contributed by atoms with Crippen molar-refractivity contribution in [3.8, 4) is 0 Å². The normalized spacial score (nSPS) is 17.4. The summed E-state index contributed by atoms with van der Waals surface area (Å²) < 4.78 is 30.1. The van der Waals surface area contributed by atoms with E-state index in [4.69, 9.17) is 4.18 Å². The molecule has 1 heterocycles. The fourth-order valence-electron chi connectivity index (χ4n) is 1.78. The molecule has 1 aliphatic heterocycles. The van der Waals surface area contributed by atoms with E-state index in [1.165, 1.54) is 6.42 Å². The van der Waals surface area contributed by atoms with Gasteiger partial charge in [-0.05, 0) is 19.3 Å². The predicted octanol–water partition coefficient (Wildman–Crippen LogP) is 0.0787. The van der Waals surface area contributed by atoms with Crippen molar-refractivity contribution in [2.45, 2.75) is 51.9 Å². The zero-order valence-corrected chi connectivity index (χ0v) is 15.2. The number of hydrogen-bond acceptors (Lipinski definition) is 5. The van der Waals surface area contributed by atoms with Crippen LogP contribution in [0.3, 0.4) is 0 Å². The minimum Gasteiger partial charge on any atom is -1.00 e. The molecule has 0 spiro atoms. The van der Waals surface area contributed by atoms with Gasteiger partial charge in [-0.1, -0.05) is 32.6 Å². The van der Waals surface area contributed by atoms with Gasteiger partial charge >= 0.3 is 38.7 Å². The fraction of sp³-hybridized carbons (Fsp3) is 1.00. The molecule has 0 aromatic carbocycles. The smallest absolute Gasteiger partial charge is 1.00 e. The maximum atomic E-state index is 11.6. The minimum absolute atomic E-state index is 0. The third-order valence-corrected chi connectivity index (χ3v) is 5.42. The van der Waals surface area contributed by atoms with Gasteiger partial charge in [0.05, 0.1) is 17.6 Å². The first-order valence-corrected chi connectivity index (χ1v) is 9.18. The number of hydrogen-bond donors (Lipinski definition) is 0. The van der Waals surface area contributed by atoms with Gasteiger partial charge in [0.15, 0.2) is 0 Å². The first-order chi connectivity index (χ1) is 8.14. The van der Waals surface area contributed by atoms with Gasteiger partial charge in [-0.15, -0.1) is 0 Å². The second-order valence-electron chi connectivity index (χ2n) is 4.36. The molecule has 0 amide bonds. The van der Waals surface area contributed by atoms with Gasteiger partial charge in [0, 0.05) is 13.1 Å². The number of nitrogens with zero attached hydrogens (tertiary/aromatic N) is 1. The average molecular weight is 305 g/mol. The van der Waals surface area contributed by atoms with Crippen molar-refractivity contribution in [2.24, 2.45) is 0 Å². The summed E-state index contributed by atoms with van der Waals surface area (Å²) in [4.78, 5) is 0. The average Bonchev–Trinajstić information content (AvgIpc) is 2.29. The molecule has 0 aromatic heterocycles. The fourth-order valence-corrected chi connectivity index (χ4v) is 4.37. The van der Waals surface area contributed by atoms with Crippen molar-refractivity contribution in [3.05, 3.63) is 0 Å². The third kappa shape index (κ3) is 9.18. The Labute approximate surface area is 139 Å². The molecule has 1 aliphatic rings. The molecule has 0 saturated carbocycles. The molecule has 7 heteroatoms. The predicted molar refractivity (Wildman–Crippen MR) is 73.1 cm³/mol. The van der Waals surface area contributed by atoms with Gasteiger partial charge in [-0.3, -0.25) is 4.18 Å². The van der Waals surface area contributed by atoms with Crippen molar-refractivity contribution in [1.82, 2.24) is 4.31 Å². The number of piperidine rings is 1. The zero-order valence-electron chi connectivity index (χ0n) is 12.6. The van der Waals surface area contributed by atoms with Gasteiger partial charge in [0.1, 0.15) is 0 Å². The van der Waals surface area contributed by atoms with E-state index < -0.39 is 9.15 Å². The maximum Gasteiger partial charge on any atom is 1.00 e. The summed E-state index contributed by atoms with van der Waals surface area (Å²) in [6, 6.07) is 0. The SMILES string of the molecule is CCCCCCOS(=O)(=O)SN1CCCCC1.[H-].[Na+]. The van der Waals surface area contributed by atoms with Crippen LogP contribution in [0.1, 0.15) is 53.3 Å². The van der Waals surface area contributed by atoms with Crippen LogP contribution < -0.4 is 29.6 Å². The molecule has 0 aromatic rings. The molecule has 0 atom stereocenters. The van der Waals surface area contributed by atoms with Gasteiger partial charge < -0.3 is 1.43 Å². The number of rotatable bonds is 8. The molecule has 0 aliphatic carbocycles. The third-order valence-electron chi connectivity index (χ3n) is 2.74. The molecule has 0 radical (unpaired) electrons. The summed E-state index contributed by atoms with van der Waals surface area (Å²) in [6.45, 7) is 4.15. The van der Waals surface area contributed by atoms with E-state index in [0.29, 0.717) is 6.61 Å². The Morgan fingerprint density at radius 2 is 1.83 bits per heavy atom. The summed E-state index contributed by atoms with van der Waals surface area (Å²) in [5.74, 6) is 0. The molecule has 104 valence electrons. The van der Waals surface area contributed by atoms with Crippen LogP contribution in [0.5, 0.6) is 0 Å². The summed E-state index contributed by atoms with van der Waals surface area (Å²) in [5, 5.41) is 0. The van der Waals surface area contributed by atoms with Crippen LogP contribution in [0.4, 0.5) is 0 Å². The van der Waals surface area contributed by atoms with Crippen molar-refractivity contribution in [1.29, 1.82) is 0 Å². The molecule has 0 unspecified atom stereocenters. The molecule has 18 heavy (non-hydrogen) atoms. The van der Waals surface area contributed by atoms with Crippen LogP contribution in [0.15, 0.2) is 0 Å². The van der Waals surface area contributed by atoms with Gasteiger partial charge in [0.2, 0.25) is 0 Å². The summed E-state index contributed by atoms with van der Waals surface area (Å²) in [7, 11) is -2.56. The maximum absolute atomic E-state index is 11.6. The first kappa shape index (κ1) is 19.2. The molecule has 1 rings (SSSR count). The van der Waals surface area contributed by atoms with E-state index in [2.05, 4.69) is 6.92 Å². The van der Waals surface area contributed by atoms with Crippen molar-refractivity contribution < 1.29 is 43.6 Å². The Morgan fingerprint density at radius 3 is 2.44 bits per heavy atom. The molecule has 0 bridgehead atoms. The molecule has 1 saturated heterocycles. The van der Waals surface area contributed by atoms with Crippen LogP contribution in [0, 0.1) is 0 Å². The van der Waals surface area contributed by atoms with Crippen LogP contribution in [0.2, 0.25) is 0 Å². The Morgan fingerprint density at radius 1 is 1.17 bits per heavy atom. The second kappa shape index (κ2) is 10.9. The zero-order chi connectivity index (χ0) is 12.6. The largest absolute Gasteiger partial charge is 1.00 e. The van der Waals surface area contributed by atoms with Gasteiger partial charge in [-0.2, -0.15) is 8.42 Å². The summed E-state index contributed by atoms with van der Waals surface area (Å²) >= 11 is 0. The van der Waals surface area contributed by atoms with E-state index in [1.54, 1.807) is 0 Å². The molecule has 0 N–H and O–H groups in total. The van der Waals surface area contributed by atoms with E-state index in [-0.39, 0.29) is 31.0 Å². The quantitative estimate of drug-likeness (QED) is 0.275. The van der Waals surface area contributed by atoms with Crippen molar-refractivity contribution in [2.75, 3.05) is 19.7 Å². The molecule has 4 nitrogen and oxygen atoms in total. The standard InChI is InChI=1S/C11H23NO3S2.Na.H/c1-2-3-4-8-11-15-17(13,14)16-12-9-6-5-7-10-12;;/h2-11H2,1H3;;/q;+1;-1. The van der Waals surface area contributed by atoms with Crippen LogP contribution >= 0.6 is 11.0 Å². The number of unbranched alkanes of at least 4 members (excludes halogenated alkanes) is 3. The molecular formula is C11H24NNaO3S2. The topological polar surface area (TPSA) is 46.6 Å². The van der Waals surface area contributed by atoms with E-state index in [9.17, 15) is 8.42 Å². The van der Waals surface area contributed by atoms with Crippen LogP contribution in [-0.4, -0.2) is 32.4 Å². The molecule has 1 fully saturated rings. The first-order valence-electron chi connectivity index (χ1n) is 6.48. The van der Waals surface area contributed by atoms with Crippen molar-refractivity contribution >= 4 is 20.1 Å². The Balaban J connectivity index is 0. The van der Waals surface area contributed by atoms with Crippen LogP contribution in [0.25, 0.3) is 0 Å². The molecular weight excluding hydrogens is 281 g/mol. The summed E-state index contributed by atoms with van der Waals surface area (Å²) in [5.41, 5.74) is 0. The van der Waals surface area contributed by atoms with E-state index >= 15 is 0 Å². The monoisotopic (exact) mass is 305 g/mol. The minimum atomic E-state index is -3.43. The van der Waals surface area contributed by atoms with E-state index in [1.807, 2.05) is 4.31 Å². The second-order valence-corrected chi connectivity index (χ2v) is 7.74. The Bertz CT molecular complexity index is 298.